The third-order valence-electron chi connectivity index (χ3n) is 4.90. The monoisotopic (exact) mass is 362 g/mol. The molecule has 4 rings (SSSR count). The quantitative estimate of drug-likeness (QED) is 0.657. The van der Waals surface area contributed by atoms with Crippen LogP contribution in [0.2, 0.25) is 0 Å². The number of carbonyl (C=O) groups excluding carboxylic acids is 1. The molecule has 3 aromatic rings. The molecule has 5 N–H and O–H groups in total. The molecule has 1 atom stereocenters. The molecule has 138 valence electrons. The standard InChI is InChI=1S/C20H22N6O/c21-18-15-11-14(8-9-16(15)24-20(22)25-18)23-19(27)17-7-4-10-26(17)12-13-5-2-1-3-6-13/h1-3,5-6,8-9,11,17H,4,7,10,12H2,(H,23,27)(H4,21,22,24,25). The van der Waals surface area contributed by atoms with Crippen molar-refractivity contribution < 1.29 is 4.79 Å². The zero-order valence-corrected chi connectivity index (χ0v) is 14.9. The van der Waals surface area contributed by atoms with Gasteiger partial charge < -0.3 is 16.8 Å². The lowest BCUT2D eigenvalue weighted by Gasteiger charge is -2.23. The third kappa shape index (κ3) is 3.68. The van der Waals surface area contributed by atoms with Gasteiger partial charge in [-0.3, -0.25) is 9.69 Å². The number of hydrogen-bond acceptors (Lipinski definition) is 6. The van der Waals surface area contributed by atoms with E-state index in [0.29, 0.717) is 22.4 Å². The molecule has 1 aliphatic heterocycles. The number of rotatable bonds is 4. The molecule has 7 nitrogen and oxygen atoms in total. The highest BCUT2D eigenvalue weighted by atomic mass is 16.2. The minimum atomic E-state index is -0.138. The number of amides is 1. The van der Waals surface area contributed by atoms with Crippen LogP contribution in [0.3, 0.4) is 0 Å². The lowest BCUT2D eigenvalue weighted by Crippen LogP contribution is -2.39. The van der Waals surface area contributed by atoms with E-state index in [9.17, 15) is 4.79 Å². The summed E-state index contributed by atoms with van der Waals surface area (Å²) in [5.41, 5.74) is 14.1. The molecule has 0 bridgehead atoms. The molecule has 0 spiro atoms. The van der Waals surface area contributed by atoms with Gasteiger partial charge in [-0.2, -0.15) is 4.98 Å². The van der Waals surface area contributed by atoms with Gasteiger partial charge in [0.25, 0.3) is 0 Å². The summed E-state index contributed by atoms with van der Waals surface area (Å²) >= 11 is 0. The lowest BCUT2D eigenvalue weighted by molar-refractivity contribution is -0.120. The van der Waals surface area contributed by atoms with E-state index < -0.39 is 0 Å². The number of nitrogens with zero attached hydrogens (tertiary/aromatic N) is 3. The van der Waals surface area contributed by atoms with E-state index in [1.54, 1.807) is 12.1 Å². The minimum Gasteiger partial charge on any atom is -0.383 e. The van der Waals surface area contributed by atoms with E-state index in [0.717, 1.165) is 25.9 Å². The van der Waals surface area contributed by atoms with Crippen molar-refractivity contribution in [3.05, 3.63) is 54.1 Å². The number of nitrogen functional groups attached to an aromatic ring is 2. The number of anilines is 3. The molecule has 0 saturated carbocycles. The first-order valence-electron chi connectivity index (χ1n) is 9.02. The lowest BCUT2D eigenvalue weighted by atomic mass is 10.1. The Morgan fingerprint density at radius 3 is 2.78 bits per heavy atom. The van der Waals surface area contributed by atoms with Crippen LogP contribution in [0.15, 0.2) is 48.5 Å². The molecule has 2 heterocycles. The number of fused-ring (bicyclic) bond motifs is 1. The van der Waals surface area contributed by atoms with Gasteiger partial charge in [-0.05, 0) is 43.1 Å². The van der Waals surface area contributed by atoms with Gasteiger partial charge in [0.2, 0.25) is 11.9 Å². The molecular weight excluding hydrogens is 340 g/mol. The van der Waals surface area contributed by atoms with E-state index in [-0.39, 0.29) is 17.9 Å². The average Bonchev–Trinajstić information content (AvgIpc) is 3.11. The Bertz CT molecular complexity index is 975. The Hall–Kier alpha value is -3.19. The summed E-state index contributed by atoms with van der Waals surface area (Å²) in [6, 6.07) is 15.5. The summed E-state index contributed by atoms with van der Waals surface area (Å²) in [6.07, 6.45) is 1.87. The van der Waals surface area contributed by atoms with Crippen molar-refractivity contribution in [1.82, 2.24) is 14.9 Å². The molecule has 1 unspecified atom stereocenters. The Morgan fingerprint density at radius 2 is 1.96 bits per heavy atom. The minimum absolute atomic E-state index is 0.00211. The number of nitrogens with two attached hydrogens (primary N) is 2. The van der Waals surface area contributed by atoms with Gasteiger partial charge in [-0.25, -0.2) is 4.98 Å². The normalized spacial score (nSPS) is 17.3. The van der Waals surface area contributed by atoms with Crippen LogP contribution in [0.4, 0.5) is 17.5 Å². The highest BCUT2D eigenvalue weighted by molar-refractivity contribution is 5.98. The molecule has 1 amide bonds. The van der Waals surface area contributed by atoms with Gasteiger partial charge in [-0.1, -0.05) is 30.3 Å². The van der Waals surface area contributed by atoms with E-state index >= 15 is 0 Å². The van der Waals surface area contributed by atoms with E-state index in [1.165, 1.54) is 5.56 Å². The summed E-state index contributed by atoms with van der Waals surface area (Å²) < 4.78 is 0. The van der Waals surface area contributed by atoms with Gasteiger partial charge in [0, 0.05) is 17.6 Å². The smallest absolute Gasteiger partial charge is 0.241 e. The van der Waals surface area contributed by atoms with Crippen molar-refractivity contribution in [3.8, 4) is 0 Å². The van der Waals surface area contributed by atoms with E-state index in [2.05, 4.69) is 32.3 Å². The molecule has 1 aliphatic rings. The summed E-state index contributed by atoms with van der Waals surface area (Å²) in [5, 5.41) is 3.69. The first-order valence-corrected chi connectivity index (χ1v) is 9.02. The maximum Gasteiger partial charge on any atom is 0.241 e. The molecule has 1 aromatic heterocycles. The predicted molar refractivity (Wildman–Crippen MR) is 107 cm³/mol. The zero-order chi connectivity index (χ0) is 18.8. The van der Waals surface area contributed by atoms with Crippen LogP contribution < -0.4 is 16.8 Å². The Kier molecular flexibility index (Phi) is 4.60. The number of hydrogen-bond donors (Lipinski definition) is 3. The number of aromatic nitrogens is 2. The molecule has 1 saturated heterocycles. The van der Waals surface area contributed by atoms with Crippen molar-refractivity contribution in [2.45, 2.75) is 25.4 Å². The van der Waals surface area contributed by atoms with Crippen LogP contribution in [-0.4, -0.2) is 33.4 Å². The Morgan fingerprint density at radius 1 is 1.15 bits per heavy atom. The molecule has 27 heavy (non-hydrogen) atoms. The first-order chi connectivity index (χ1) is 13.1. The van der Waals surface area contributed by atoms with Crippen molar-refractivity contribution in [2.24, 2.45) is 0 Å². The largest absolute Gasteiger partial charge is 0.383 e. The maximum absolute atomic E-state index is 12.9. The van der Waals surface area contributed by atoms with Crippen LogP contribution in [0, 0.1) is 0 Å². The predicted octanol–water partition coefficient (Wildman–Crippen LogP) is 2.40. The van der Waals surface area contributed by atoms with Crippen molar-refractivity contribution in [3.63, 3.8) is 0 Å². The van der Waals surface area contributed by atoms with E-state index in [1.807, 2.05) is 24.3 Å². The molecule has 0 aliphatic carbocycles. The first kappa shape index (κ1) is 17.2. The average molecular weight is 362 g/mol. The number of nitrogens with one attached hydrogen (secondary N) is 1. The third-order valence-corrected chi connectivity index (χ3v) is 4.90. The maximum atomic E-state index is 12.9. The fourth-order valence-electron chi connectivity index (χ4n) is 3.60. The SMILES string of the molecule is Nc1nc(N)c2cc(NC(=O)C3CCCN3Cc3ccccc3)ccc2n1. The number of carbonyl (C=O) groups is 1. The second-order valence-electron chi connectivity index (χ2n) is 6.80. The van der Waals surface area contributed by atoms with Crippen molar-refractivity contribution in [2.75, 3.05) is 23.3 Å². The summed E-state index contributed by atoms with van der Waals surface area (Å²) in [4.78, 5) is 23.2. The summed E-state index contributed by atoms with van der Waals surface area (Å²) in [6.45, 7) is 1.70. The van der Waals surface area contributed by atoms with Crippen LogP contribution >= 0.6 is 0 Å². The van der Waals surface area contributed by atoms with Gasteiger partial charge in [0.15, 0.2) is 0 Å². The number of benzene rings is 2. The summed E-state index contributed by atoms with van der Waals surface area (Å²) in [7, 11) is 0. The van der Waals surface area contributed by atoms with Gasteiger partial charge in [0.05, 0.1) is 11.6 Å². The second kappa shape index (κ2) is 7.20. The van der Waals surface area contributed by atoms with Gasteiger partial charge in [-0.15, -0.1) is 0 Å². The molecule has 0 radical (unpaired) electrons. The zero-order valence-electron chi connectivity index (χ0n) is 14.9. The van der Waals surface area contributed by atoms with E-state index in [4.69, 9.17) is 11.5 Å². The molecule has 1 fully saturated rings. The molecule has 7 heteroatoms. The summed E-state index contributed by atoms with van der Waals surface area (Å²) in [5.74, 6) is 0.442. The van der Waals surface area contributed by atoms with Crippen molar-refractivity contribution >= 4 is 34.3 Å². The molecular formula is C20H22N6O. The Balaban J connectivity index is 1.50. The van der Waals surface area contributed by atoms with Crippen LogP contribution in [0.5, 0.6) is 0 Å². The van der Waals surface area contributed by atoms with Crippen LogP contribution in [0.1, 0.15) is 18.4 Å². The second-order valence-corrected chi connectivity index (χ2v) is 6.80. The van der Waals surface area contributed by atoms with Crippen LogP contribution in [0.25, 0.3) is 10.9 Å². The molecule has 2 aromatic carbocycles. The van der Waals surface area contributed by atoms with Crippen molar-refractivity contribution in [1.29, 1.82) is 0 Å². The highest BCUT2D eigenvalue weighted by Crippen LogP contribution is 2.25. The van der Waals surface area contributed by atoms with Gasteiger partial charge in [0.1, 0.15) is 5.82 Å². The Labute approximate surface area is 157 Å². The van der Waals surface area contributed by atoms with Crippen LogP contribution in [-0.2, 0) is 11.3 Å². The highest BCUT2D eigenvalue weighted by Gasteiger charge is 2.30. The fraction of sp³-hybridized carbons (Fsp3) is 0.250. The topological polar surface area (TPSA) is 110 Å². The number of likely N-dealkylation sites (tertiary alicyclic amines) is 1. The fourth-order valence-corrected chi connectivity index (χ4v) is 3.60. The van der Waals surface area contributed by atoms with Gasteiger partial charge >= 0.3 is 0 Å².